The summed E-state index contributed by atoms with van der Waals surface area (Å²) in [5.41, 5.74) is 4.45. The molecule has 4 nitrogen and oxygen atoms in total. The number of pyridine rings is 1. The minimum Gasteiger partial charge on any atom is -0.270 e. The maximum absolute atomic E-state index is 6.07. The number of hydrogen-bond acceptors (Lipinski definition) is 4. The molecule has 0 N–H and O–H groups in total. The zero-order chi connectivity index (χ0) is 18.6. The molecule has 0 amide bonds. The molecule has 134 valence electrons. The van der Waals surface area contributed by atoms with E-state index >= 15 is 0 Å². The van der Waals surface area contributed by atoms with E-state index in [9.17, 15) is 0 Å². The monoisotopic (exact) mass is 392 g/mol. The molecule has 0 aliphatic heterocycles. The Balaban J connectivity index is 1.74. The Kier molecular flexibility index (Phi) is 5.23. The number of aryl methyl sites for hydroxylation is 1. The van der Waals surface area contributed by atoms with Crippen LogP contribution in [0.5, 0.6) is 0 Å². The Morgan fingerprint density at radius 1 is 0.963 bits per heavy atom. The van der Waals surface area contributed by atoms with Gasteiger partial charge >= 0.3 is 0 Å². The van der Waals surface area contributed by atoms with Crippen LogP contribution in [0.15, 0.2) is 78.2 Å². The van der Waals surface area contributed by atoms with Crippen LogP contribution in [0, 0.1) is 6.92 Å². The minimum absolute atomic E-state index is 0.698. The van der Waals surface area contributed by atoms with Crippen LogP contribution < -0.4 is 0 Å². The third-order valence-electron chi connectivity index (χ3n) is 4.26. The smallest absolute Gasteiger partial charge is 0.196 e. The lowest BCUT2D eigenvalue weighted by molar-refractivity contribution is 0.885. The second-order valence-electron chi connectivity index (χ2n) is 6.07. The summed E-state index contributed by atoms with van der Waals surface area (Å²) in [5, 5.41) is 10.4. The fourth-order valence-electron chi connectivity index (χ4n) is 2.78. The van der Waals surface area contributed by atoms with Gasteiger partial charge in [0.1, 0.15) is 0 Å². The molecule has 2 aromatic heterocycles. The summed E-state index contributed by atoms with van der Waals surface area (Å²) in [6.45, 7) is 2.13. The molecule has 0 radical (unpaired) electrons. The van der Waals surface area contributed by atoms with Gasteiger partial charge in [0.05, 0.1) is 0 Å². The largest absolute Gasteiger partial charge is 0.270 e. The van der Waals surface area contributed by atoms with Gasteiger partial charge in [-0.1, -0.05) is 47.6 Å². The summed E-state index contributed by atoms with van der Waals surface area (Å²) in [6, 6.07) is 20.0. The van der Waals surface area contributed by atoms with Crippen LogP contribution in [0.4, 0.5) is 0 Å². The summed E-state index contributed by atoms with van der Waals surface area (Å²) < 4.78 is 2.05. The van der Waals surface area contributed by atoms with E-state index in [1.807, 2.05) is 36.4 Å². The Morgan fingerprint density at radius 2 is 1.78 bits per heavy atom. The van der Waals surface area contributed by atoms with Crippen LogP contribution in [0.25, 0.3) is 17.1 Å². The van der Waals surface area contributed by atoms with Crippen LogP contribution >= 0.6 is 23.4 Å². The lowest BCUT2D eigenvalue weighted by atomic mass is 10.1. The van der Waals surface area contributed by atoms with Gasteiger partial charge in [-0.15, -0.1) is 10.2 Å². The van der Waals surface area contributed by atoms with E-state index in [1.165, 1.54) is 11.1 Å². The van der Waals surface area contributed by atoms with E-state index < -0.39 is 0 Å². The van der Waals surface area contributed by atoms with Gasteiger partial charge in [-0.25, -0.2) is 0 Å². The molecule has 0 unspecified atom stereocenters. The average Bonchev–Trinajstić information content (AvgIpc) is 3.12. The van der Waals surface area contributed by atoms with Gasteiger partial charge in [0, 0.05) is 34.4 Å². The van der Waals surface area contributed by atoms with Crippen molar-refractivity contribution in [3.8, 4) is 17.1 Å². The highest BCUT2D eigenvalue weighted by atomic mass is 35.5. The van der Waals surface area contributed by atoms with Crippen molar-refractivity contribution in [1.82, 2.24) is 19.7 Å². The van der Waals surface area contributed by atoms with Crippen molar-refractivity contribution in [3.05, 3.63) is 89.2 Å². The number of nitrogens with zero attached hydrogens (tertiary/aromatic N) is 4. The van der Waals surface area contributed by atoms with E-state index in [1.54, 1.807) is 24.2 Å². The summed E-state index contributed by atoms with van der Waals surface area (Å²) in [4.78, 5) is 4.22. The van der Waals surface area contributed by atoms with Gasteiger partial charge in [-0.2, -0.15) is 0 Å². The molecule has 0 atom stereocenters. The third-order valence-corrected chi connectivity index (χ3v) is 5.49. The van der Waals surface area contributed by atoms with Crippen LogP contribution in [0.3, 0.4) is 0 Å². The van der Waals surface area contributed by atoms with Crippen molar-refractivity contribution >= 4 is 23.4 Å². The maximum Gasteiger partial charge on any atom is 0.196 e. The summed E-state index contributed by atoms with van der Waals surface area (Å²) in [5.74, 6) is 1.59. The highest BCUT2D eigenvalue weighted by Gasteiger charge is 2.16. The average molecular weight is 393 g/mol. The highest BCUT2D eigenvalue weighted by molar-refractivity contribution is 7.98. The molecule has 4 rings (SSSR count). The molecule has 0 bridgehead atoms. The van der Waals surface area contributed by atoms with Gasteiger partial charge < -0.3 is 0 Å². The molecule has 6 heteroatoms. The summed E-state index contributed by atoms with van der Waals surface area (Å²) in [7, 11) is 0. The second-order valence-corrected chi connectivity index (χ2v) is 7.45. The molecule has 0 saturated heterocycles. The predicted molar refractivity (Wildman–Crippen MR) is 110 cm³/mol. The van der Waals surface area contributed by atoms with Crippen molar-refractivity contribution in [1.29, 1.82) is 0 Å². The van der Waals surface area contributed by atoms with Gasteiger partial charge in [0.2, 0.25) is 0 Å². The van der Waals surface area contributed by atoms with Gasteiger partial charge in [-0.05, 0) is 54.4 Å². The number of rotatable bonds is 5. The minimum atomic E-state index is 0.698. The molecule has 0 spiro atoms. The molecular weight excluding hydrogens is 376 g/mol. The van der Waals surface area contributed by atoms with E-state index in [-0.39, 0.29) is 0 Å². The number of hydrogen-bond donors (Lipinski definition) is 0. The number of benzene rings is 2. The van der Waals surface area contributed by atoms with E-state index in [0.29, 0.717) is 5.02 Å². The molecule has 27 heavy (non-hydrogen) atoms. The van der Waals surface area contributed by atoms with Crippen LogP contribution in [0.2, 0.25) is 5.02 Å². The topological polar surface area (TPSA) is 43.6 Å². The zero-order valence-electron chi connectivity index (χ0n) is 14.7. The first kappa shape index (κ1) is 17.8. The van der Waals surface area contributed by atoms with Crippen LogP contribution in [-0.2, 0) is 5.75 Å². The van der Waals surface area contributed by atoms with Crippen molar-refractivity contribution in [3.63, 3.8) is 0 Å². The predicted octanol–water partition coefficient (Wildman–Crippen LogP) is 5.58. The first-order valence-corrected chi connectivity index (χ1v) is 9.88. The van der Waals surface area contributed by atoms with E-state index in [4.69, 9.17) is 11.6 Å². The van der Waals surface area contributed by atoms with Crippen LogP contribution in [-0.4, -0.2) is 19.7 Å². The lowest BCUT2D eigenvalue weighted by Gasteiger charge is -2.11. The molecule has 0 fully saturated rings. The Morgan fingerprint density at radius 3 is 2.52 bits per heavy atom. The normalized spacial score (nSPS) is 10.9. The van der Waals surface area contributed by atoms with Crippen molar-refractivity contribution in [2.24, 2.45) is 0 Å². The number of aromatic nitrogens is 4. The standard InChI is InChI=1S/C21H17ClN4S/c1-15-5-2-3-6-17(15)14-27-21-25-24-20(16-7-4-12-23-13-16)26(21)19-10-8-18(22)9-11-19/h2-13H,14H2,1H3. The zero-order valence-corrected chi connectivity index (χ0v) is 16.3. The number of thioether (sulfide) groups is 1. The van der Waals surface area contributed by atoms with E-state index in [0.717, 1.165) is 28.0 Å². The molecule has 0 aliphatic carbocycles. The quantitative estimate of drug-likeness (QED) is 0.415. The van der Waals surface area contributed by atoms with Crippen molar-refractivity contribution in [2.45, 2.75) is 17.8 Å². The van der Waals surface area contributed by atoms with E-state index in [2.05, 4.69) is 50.9 Å². The molecule has 4 aromatic rings. The highest BCUT2D eigenvalue weighted by Crippen LogP contribution is 2.30. The fraction of sp³-hybridized carbons (Fsp3) is 0.0952. The van der Waals surface area contributed by atoms with Gasteiger partial charge in [0.15, 0.2) is 11.0 Å². The first-order chi connectivity index (χ1) is 13.2. The van der Waals surface area contributed by atoms with Gasteiger partial charge in [0.25, 0.3) is 0 Å². The first-order valence-electron chi connectivity index (χ1n) is 8.51. The third kappa shape index (κ3) is 3.89. The SMILES string of the molecule is Cc1ccccc1CSc1nnc(-c2cccnc2)n1-c1ccc(Cl)cc1. The molecular formula is C21H17ClN4S. The molecule has 2 aromatic carbocycles. The Hall–Kier alpha value is -2.63. The molecule has 2 heterocycles. The lowest BCUT2D eigenvalue weighted by Crippen LogP contribution is -2.00. The van der Waals surface area contributed by atoms with Crippen molar-refractivity contribution < 1.29 is 0 Å². The van der Waals surface area contributed by atoms with Gasteiger partial charge in [-0.3, -0.25) is 9.55 Å². The number of halogens is 1. The summed E-state index contributed by atoms with van der Waals surface area (Å²) in [6.07, 6.45) is 3.55. The molecule has 0 saturated carbocycles. The Labute approximate surface area is 167 Å². The second kappa shape index (κ2) is 7.94. The Bertz CT molecular complexity index is 1050. The van der Waals surface area contributed by atoms with Crippen LogP contribution in [0.1, 0.15) is 11.1 Å². The maximum atomic E-state index is 6.07. The van der Waals surface area contributed by atoms with Crippen molar-refractivity contribution in [2.75, 3.05) is 0 Å². The summed E-state index contributed by atoms with van der Waals surface area (Å²) >= 11 is 7.74. The molecule has 0 aliphatic rings. The fourth-order valence-corrected chi connectivity index (χ4v) is 3.94.